The Kier molecular flexibility index (Phi) is 4.57. The molecule has 1 aromatic carbocycles. The summed E-state index contributed by atoms with van der Waals surface area (Å²) in [4.78, 5) is 24.2. The molecule has 2 atom stereocenters. The Bertz CT molecular complexity index is 478. The Morgan fingerprint density at radius 2 is 2.00 bits per heavy atom. The number of hydrogen-bond acceptors (Lipinski definition) is 3. The predicted octanol–water partition coefficient (Wildman–Crippen LogP) is 0.488. The second-order valence-corrected chi connectivity index (χ2v) is 5.13. The number of primary amides is 1. The van der Waals surface area contributed by atoms with Gasteiger partial charge in [-0.25, -0.2) is 4.79 Å². The molecule has 6 heteroatoms. The normalized spacial score (nSPS) is 22.6. The third kappa shape index (κ3) is 3.71. The number of carbonyl (C=O) groups excluding carboxylic acids is 1. The Morgan fingerprint density at radius 1 is 1.30 bits per heavy atom. The summed E-state index contributed by atoms with van der Waals surface area (Å²) in [6.45, 7) is 2.25. The van der Waals surface area contributed by atoms with Crippen LogP contribution in [0, 0.1) is 11.8 Å². The van der Waals surface area contributed by atoms with E-state index in [1.165, 1.54) is 5.56 Å². The molecule has 1 saturated heterocycles. The van der Waals surface area contributed by atoms with Gasteiger partial charge in [0.1, 0.15) is 0 Å². The lowest BCUT2D eigenvalue weighted by Gasteiger charge is -2.15. The molecule has 1 aliphatic rings. The van der Waals surface area contributed by atoms with Crippen LogP contribution in [-0.2, 0) is 11.3 Å². The van der Waals surface area contributed by atoms with Crippen LogP contribution in [0.5, 0.6) is 0 Å². The SMILES string of the molecule is NC(=O)[C@@H]1CN(Cc2ccccc2)C[C@@H]1CNC(=O)O. The third-order valence-corrected chi connectivity index (χ3v) is 3.65. The van der Waals surface area contributed by atoms with Crippen LogP contribution in [0.15, 0.2) is 30.3 Å². The van der Waals surface area contributed by atoms with E-state index >= 15 is 0 Å². The van der Waals surface area contributed by atoms with Crippen molar-refractivity contribution >= 4 is 12.0 Å². The highest BCUT2D eigenvalue weighted by Crippen LogP contribution is 2.24. The van der Waals surface area contributed by atoms with E-state index in [1.807, 2.05) is 30.3 Å². The molecule has 0 unspecified atom stereocenters. The number of benzene rings is 1. The third-order valence-electron chi connectivity index (χ3n) is 3.65. The van der Waals surface area contributed by atoms with Gasteiger partial charge in [0.05, 0.1) is 5.92 Å². The summed E-state index contributed by atoms with van der Waals surface area (Å²) < 4.78 is 0. The van der Waals surface area contributed by atoms with Crippen molar-refractivity contribution in [1.82, 2.24) is 10.2 Å². The smallest absolute Gasteiger partial charge is 0.404 e. The van der Waals surface area contributed by atoms with Crippen LogP contribution in [0.3, 0.4) is 0 Å². The van der Waals surface area contributed by atoms with Crippen molar-refractivity contribution < 1.29 is 14.7 Å². The molecule has 6 nitrogen and oxygen atoms in total. The molecule has 0 saturated carbocycles. The molecular weight excluding hydrogens is 258 g/mol. The van der Waals surface area contributed by atoms with Gasteiger partial charge in [-0.2, -0.15) is 0 Å². The van der Waals surface area contributed by atoms with Gasteiger partial charge in [0.15, 0.2) is 0 Å². The Balaban J connectivity index is 1.96. The van der Waals surface area contributed by atoms with E-state index in [2.05, 4.69) is 10.2 Å². The van der Waals surface area contributed by atoms with Gasteiger partial charge in [-0.3, -0.25) is 9.69 Å². The zero-order valence-electron chi connectivity index (χ0n) is 11.2. The van der Waals surface area contributed by atoms with E-state index in [0.29, 0.717) is 13.1 Å². The average Bonchev–Trinajstić information content (AvgIpc) is 2.81. The number of nitrogens with two attached hydrogens (primary N) is 1. The number of hydrogen-bond donors (Lipinski definition) is 3. The van der Waals surface area contributed by atoms with Gasteiger partial charge in [-0.05, 0) is 5.56 Å². The standard InChI is InChI=1S/C14H19N3O3/c15-13(18)12-9-17(7-10-4-2-1-3-5-10)8-11(12)6-16-14(19)20/h1-5,11-12,16H,6-9H2,(H2,15,18)(H,19,20)/t11-,12+/m0/s1. The lowest BCUT2D eigenvalue weighted by molar-refractivity contribution is -0.122. The van der Waals surface area contributed by atoms with Gasteiger partial charge in [0.2, 0.25) is 5.91 Å². The molecular formula is C14H19N3O3. The van der Waals surface area contributed by atoms with E-state index in [-0.39, 0.29) is 24.3 Å². The maximum atomic E-state index is 11.5. The lowest BCUT2D eigenvalue weighted by atomic mass is 9.95. The molecule has 0 spiro atoms. The highest BCUT2D eigenvalue weighted by atomic mass is 16.4. The molecule has 2 rings (SSSR count). The lowest BCUT2D eigenvalue weighted by Crippen LogP contribution is -2.36. The molecule has 1 aliphatic heterocycles. The summed E-state index contributed by atoms with van der Waals surface area (Å²) >= 11 is 0. The number of likely N-dealkylation sites (tertiary alicyclic amines) is 1. The largest absolute Gasteiger partial charge is 0.465 e. The molecule has 2 amide bonds. The molecule has 20 heavy (non-hydrogen) atoms. The fourth-order valence-corrected chi connectivity index (χ4v) is 2.68. The van der Waals surface area contributed by atoms with Crippen molar-refractivity contribution in [2.24, 2.45) is 17.6 Å². The minimum Gasteiger partial charge on any atom is -0.465 e. The number of rotatable bonds is 5. The van der Waals surface area contributed by atoms with Gasteiger partial charge in [-0.1, -0.05) is 30.3 Å². The fraction of sp³-hybridized carbons (Fsp3) is 0.429. The van der Waals surface area contributed by atoms with E-state index < -0.39 is 6.09 Å². The van der Waals surface area contributed by atoms with Crippen molar-refractivity contribution in [3.05, 3.63) is 35.9 Å². The number of nitrogens with zero attached hydrogens (tertiary/aromatic N) is 1. The zero-order valence-corrected chi connectivity index (χ0v) is 11.2. The molecule has 4 N–H and O–H groups in total. The summed E-state index contributed by atoms with van der Waals surface area (Å²) in [5.74, 6) is -0.726. The van der Waals surface area contributed by atoms with E-state index in [0.717, 1.165) is 6.54 Å². The van der Waals surface area contributed by atoms with Gasteiger partial charge in [0, 0.05) is 32.1 Å². The van der Waals surface area contributed by atoms with Gasteiger partial charge < -0.3 is 16.2 Å². The topological polar surface area (TPSA) is 95.7 Å². The van der Waals surface area contributed by atoms with Gasteiger partial charge in [-0.15, -0.1) is 0 Å². The fourth-order valence-electron chi connectivity index (χ4n) is 2.68. The second-order valence-electron chi connectivity index (χ2n) is 5.13. The summed E-state index contributed by atoms with van der Waals surface area (Å²) in [6.07, 6.45) is -1.07. The van der Waals surface area contributed by atoms with E-state index in [9.17, 15) is 9.59 Å². The number of carboxylic acid groups (broad SMARTS) is 1. The minimum absolute atomic E-state index is 0.0627. The van der Waals surface area contributed by atoms with Crippen molar-refractivity contribution in [1.29, 1.82) is 0 Å². The van der Waals surface area contributed by atoms with Crippen molar-refractivity contribution in [2.45, 2.75) is 6.54 Å². The number of nitrogens with one attached hydrogen (secondary N) is 1. The summed E-state index contributed by atoms with van der Waals surface area (Å²) in [7, 11) is 0. The first kappa shape index (κ1) is 14.3. The average molecular weight is 277 g/mol. The van der Waals surface area contributed by atoms with Crippen LogP contribution in [0.25, 0.3) is 0 Å². The molecule has 1 heterocycles. The second kappa shape index (κ2) is 6.38. The first-order valence-electron chi connectivity index (χ1n) is 6.58. The Hall–Kier alpha value is -2.08. The predicted molar refractivity (Wildman–Crippen MR) is 73.9 cm³/mol. The van der Waals surface area contributed by atoms with Crippen molar-refractivity contribution in [3.8, 4) is 0 Å². The molecule has 0 aromatic heterocycles. The van der Waals surface area contributed by atoms with Crippen LogP contribution in [0.2, 0.25) is 0 Å². The van der Waals surface area contributed by atoms with E-state index in [4.69, 9.17) is 10.8 Å². The molecule has 0 aliphatic carbocycles. The maximum absolute atomic E-state index is 11.5. The molecule has 108 valence electrons. The summed E-state index contributed by atoms with van der Waals surface area (Å²) in [5.41, 5.74) is 6.58. The molecule has 0 radical (unpaired) electrons. The van der Waals surface area contributed by atoms with Crippen molar-refractivity contribution in [2.75, 3.05) is 19.6 Å². The summed E-state index contributed by atoms with van der Waals surface area (Å²) in [5, 5.41) is 11.0. The highest BCUT2D eigenvalue weighted by molar-refractivity contribution is 5.77. The number of carbonyl (C=O) groups is 2. The maximum Gasteiger partial charge on any atom is 0.404 e. The number of amides is 2. The Morgan fingerprint density at radius 3 is 2.60 bits per heavy atom. The quantitative estimate of drug-likeness (QED) is 0.729. The van der Waals surface area contributed by atoms with Crippen LogP contribution in [0.4, 0.5) is 4.79 Å². The molecule has 0 bridgehead atoms. The monoisotopic (exact) mass is 277 g/mol. The van der Waals surface area contributed by atoms with Crippen LogP contribution >= 0.6 is 0 Å². The van der Waals surface area contributed by atoms with Crippen LogP contribution < -0.4 is 11.1 Å². The minimum atomic E-state index is -1.07. The summed E-state index contributed by atoms with van der Waals surface area (Å²) in [6, 6.07) is 9.96. The molecule has 1 fully saturated rings. The first-order chi connectivity index (χ1) is 9.56. The van der Waals surface area contributed by atoms with Crippen LogP contribution in [0.1, 0.15) is 5.56 Å². The Labute approximate surface area is 117 Å². The molecule has 1 aromatic rings. The van der Waals surface area contributed by atoms with Crippen LogP contribution in [-0.4, -0.2) is 41.6 Å². The van der Waals surface area contributed by atoms with E-state index in [1.54, 1.807) is 0 Å². The zero-order chi connectivity index (χ0) is 14.5. The van der Waals surface area contributed by atoms with Crippen molar-refractivity contribution in [3.63, 3.8) is 0 Å². The first-order valence-corrected chi connectivity index (χ1v) is 6.58. The van der Waals surface area contributed by atoms with Gasteiger partial charge in [0.25, 0.3) is 0 Å². The van der Waals surface area contributed by atoms with Gasteiger partial charge >= 0.3 is 6.09 Å². The highest BCUT2D eigenvalue weighted by Gasteiger charge is 2.36.